The van der Waals surface area contributed by atoms with E-state index in [0.717, 1.165) is 18.9 Å². The fraction of sp³-hybridized carbons (Fsp3) is 0.533. The average Bonchev–Trinajstić information content (AvgIpc) is 3.09. The highest BCUT2D eigenvalue weighted by molar-refractivity contribution is 5.90. The van der Waals surface area contributed by atoms with Crippen LogP contribution < -0.4 is 5.73 Å². The Bertz CT molecular complexity index is 489. The van der Waals surface area contributed by atoms with E-state index in [1.54, 1.807) is 0 Å². The summed E-state index contributed by atoms with van der Waals surface area (Å²) >= 11 is 0. The van der Waals surface area contributed by atoms with Crippen molar-refractivity contribution in [2.45, 2.75) is 38.8 Å². The molecule has 0 aromatic heterocycles. The van der Waals surface area contributed by atoms with Gasteiger partial charge in [-0.2, -0.15) is 0 Å². The predicted molar refractivity (Wildman–Crippen MR) is 74.9 cm³/mol. The molecule has 1 aromatic rings. The first kappa shape index (κ1) is 11.7. The number of aryl methyl sites for hydroxylation is 1. The molecule has 0 amide bonds. The van der Waals surface area contributed by atoms with Crippen molar-refractivity contribution >= 4 is 5.84 Å². The molecular formula is C15H21N3. The number of hydrogen-bond donors (Lipinski definition) is 1. The summed E-state index contributed by atoms with van der Waals surface area (Å²) in [5, 5.41) is 0. The third kappa shape index (κ3) is 1.93. The molecule has 1 aliphatic heterocycles. The maximum absolute atomic E-state index is 6.45. The fourth-order valence-corrected chi connectivity index (χ4v) is 2.76. The van der Waals surface area contributed by atoms with Crippen molar-refractivity contribution in [3.05, 3.63) is 34.9 Å². The van der Waals surface area contributed by atoms with Gasteiger partial charge in [0.25, 0.3) is 0 Å². The topological polar surface area (TPSA) is 41.6 Å². The zero-order valence-electron chi connectivity index (χ0n) is 11.2. The largest absolute Gasteiger partial charge is 0.354 e. The highest BCUT2D eigenvalue weighted by atomic mass is 15.3. The van der Waals surface area contributed by atoms with E-state index in [0.29, 0.717) is 6.04 Å². The Balaban J connectivity index is 1.89. The van der Waals surface area contributed by atoms with Gasteiger partial charge >= 0.3 is 0 Å². The fourth-order valence-electron chi connectivity index (χ4n) is 2.76. The van der Waals surface area contributed by atoms with Gasteiger partial charge in [0.1, 0.15) is 5.84 Å². The predicted octanol–water partition coefficient (Wildman–Crippen LogP) is 2.18. The van der Waals surface area contributed by atoms with Crippen molar-refractivity contribution in [1.82, 2.24) is 4.90 Å². The normalized spacial score (nSPS) is 21.1. The SMILES string of the molecule is Cc1cccc(C(N)C2=NCCN2C2CC2)c1C. The van der Waals surface area contributed by atoms with Crippen molar-refractivity contribution in [1.29, 1.82) is 0 Å². The van der Waals surface area contributed by atoms with E-state index in [-0.39, 0.29) is 6.04 Å². The summed E-state index contributed by atoms with van der Waals surface area (Å²) in [6, 6.07) is 7.02. The van der Waals surface area contributed by atoms with Gasteiger partial charge in [0.05, 0.1) is 12.6 Å². The number of nitrogens with zero attached hydrogens (tertiary/aromatic N) is 2. The smallest absolute Gasteiger partial charge is 0.121 e. The minimum Gasteiger partial charge on any atom is -0.354 e. The summed E-state index contributed by atoms with van der Waals surface area (Å²) in [5.74, 6) is 1.10. The molecule has 1 atom stereocenters. The van der Waals surface area contributed by atoms with Gasteiger partial charge in [-0.3, -0.25) is 4.99 Å². The molecule has 18 heavy (non-hydrogen) atoms. The molecule has 3 rings (SSSR count). The molecule has 0 spiro atoms. The van der Waals surface area contributed by atoms with Crippen LogP contribution in [0.15, 0.2) is 23.2 Å². The highest BCUT2D eigenvalue weighted by Gasteiger charge is 2.35. The summed E-state index contributed by atoms with van der Waals surface area (Å²) in [6.07, 6.45) is 2.61. The van der Waals surface area contributed by atoms with Crippen LogP contribution in [-0.4, -0.2) is 29.9 Å². The van der Waals surface area contributed by atoms with E-state index < -0.39 is 0 Å². The molecule has 3 nitrogen and oxygen atoms in total. The van der Waals surface area contributed by atoms with Gasteiger partial charge in [-0.1, -0.05) is 18.2 Å². The van der Waals surface area contributed by atoms with Gasteiger partial charge in [0.15, 0.2) is 0 Å². The van der Waals surface area contributed by atoms with Crippen molar-refractivity contribution in [2.24, 2.45) is 10.7 Å². The third-order valence-corrected chi connectivity index (χ3v) is 4.16. The van der Waals surface area contributed by atoms with Crippen molar-refractivity contribution < 1.29 is 0 Å². The molecule has 3 heteroatoms. The summed E-state index contributed by atoms with van der Waals surface area (Å²) in [6.45, 7) is 6.26. The maximum atomic E-state index is 6.45. The lowest BCUT2D eigenvalue weighted by Crippen LogP contribution is -2.37. The molecule has 2 aliphatic rings. The standard InChI is InChI=1S/C15H21N3/c1-10-4-3-5-13(11(10)2)14(16)15-17-8-9-18(15)12-6-7-12/h3-5,12,14H,6-9,16H2,1-2H3. The molecule has 1 unspecified atom stereocenters. The van der Waals surface area contributed by atoms with Crippen LogP contribution in [-0.2, 0) is 0 Å². The first-order valence-electron chi connectivity index (χ1n) is 6.81. The number of rotatable bonds is 3. The van der Waals surface area contributed by atoms with E-state index in [1.807, 2.05) is 0 Å². The van der Waals surface area contributed by atoms with Gasteiger partial charge < -0.3 is 10.6 Å². The van der Waals surface area contributed by atoms with Crippen LogP contribution >= 0.6 is 0 Å². The Morgan fingerprint density at radius 1 is 1.33 bits per heavy atom. The average molecular weight is 243 g/mol. The molecule has 0 radical (unpaired) electrons. The van der Waals surface area contributed by atoms with Crippen LogP contribution in [0, 0.1) is 13.8 Å². The van der Waals surface area contributed by atoms with Crippen LogP contribution in [0.4, 0.5) is 0 Å². The summed E-state index contributed by atoms with van der Waals surface area (Å²) in [4.78, 5) is 7.07. The molecule has 1 fully saturated rings. The van der Waals surface area contributed by atoms with Crippen LogP contribution in [0.3, 0.4) is 0 Å². The molecule has 1 saturated carbocycles. The minimum absolute atomic E-state index is 0.0620. The van der Waals surface area contributed by atoms with E-state index in [2.05, 4.69) is 41.9 Å². The maximum Gasteiger partial charge on any atom is 0.121 e. The number of nitrogens with two attached hydrogens (primary N) is 1. The van der Waals surface area contributed by atoms with Crippen LogP contribution in [0.25, 0.3) is 0 Å². The summed E-state index contributed by atoms with van der Waals surface area (Å²) in [5.41, 5.74) is 10.3. The lowest BCUT2D eigenvalue weighted by Gasteiger charge is -2.25. The second-order valence-electron chi connectivity index (χ2n) is 5.43. The highest BCUT2D eigenvalue weighted by Crippen LogP contribution is 2.32. The van der Waals surface area contributed by atoms with Crippen molar-refractivity contribution in [3.8, 4) is 0 Å². The van der Waals surface area contributed by atoms with E-state index in [9.17, 15) is 0 Å². The van der Waals surface area contributed by atoms with E-state index >= 15 is 0 Å². The molecule has 1 aliphatic carbocycles. The number of benzene rings is 1. The van der Waals surface area contributed by atoms with E-state index in [1.165, 1.54) is 29.5 Å². The quantitative estimate of drug-likeness (QED) is 0.884. The van der Waals surface area contributed by atoms with Crippen molar-refractivity contribution in [2.75, 3.05) is 13.1 Å². The third-order valence-electron chi connectivity index (χ3n) is 4.16. The molecule has 96 valence electrons. The Morgan fingerprint density at radius 3 is 2.83 bits per heavy atom. The summed E-state index contributed by atoms with van der Waals surface area (Å²) in [7, 11) is 0. The Hall–Kier alpha value is -1.35. The van der Waals surface area contributed by atoms with Crippen LogP contribution in [0.5, 0.6) is 0 Å². The summed E-state index contributed by atoms with van der Waals surface area (Å²) < 4.78 is 0. The van der Waals surface area contributed by atoms with Gasteiger partial charge in [-0.25, -0.2) is 0 Å². The molecular weight excluding hydrogens is 222 g/mol. The molecule has 0 saturated heterocycles. The second-order valence-corrected chi connectivity index (χ2v) is 5.43. The molecule has 0 bridgehead atoms. The number of amidine groups is 1. The van der Waals surface area contributed by atoms with Crippen molar-refractivity contribution in [3.63, 3.8) is 0 Å². The molecule has 2 N–H and O–H groups in total. The first-order chi connectivity index (χ1) is 8.68. The molecule has 1 aromatic carbocycles. The van der Waals surface area contributed by atoms with E-state index in [4.69, 9.17) is 5.73 Å². The zero-order valence-corrected chi connectivity index (χ0v) is 11.2. The Labute approximate surface area is 109 Å². The Morgan fingerprint density at radius 2 is 2.11 bits per heavy atom. The van der Waals surface area contributed by atoms with Gasteiger partial charge in [-0.05, 0) is 43.4 Å². The van der Waals surface area contributed by atoms with Gasteiger partial charge in [-0.15, -0.1) is 0 Å². The minimum atomic E-state index is -0.0620. The lowest BCUT2D eigenvalue weighted by atomic mass is 9.97. The van der Waals surface area contributed by atoms with Gasteiger partial charge in [0, 0.05) is 12.6 Å². The monoisotopic (exact) mass is 243 g/mol. The second kappa shape index (κ2) is 4.39. The van der Waals surface area contributed by atoms with Crippen LogP contribution in [0.1, 0.15) is 35.6 Å². The lowest BCUT2D eigenvalue weighted by molar-refractivity contribution is 0.435. The number of aliphatic imine (C=N–C) groups is 1. The zero-order chi connectivity index (χ0) is 12.7. The first-order valence-corrected chi connectivity index (χ1v) is 6.81. The van der Waals surface area contributed by atoms with Gasteiger partial charge in [0.2, 0.25) is 0 Å². The Kier molecular flexibility index (Phi) is 2.86. The molecule has 1 heterocycles. The van der Waals surface area contributed by atoms with Crippen LogP contribution in [0.2, 0.25) is 0 Å². The number of hydrogen-bond acceptors (Lipinski definition) is 3.